The Labute approximate surface area is 112 Å². The van der Waals surface area contributed by atoms with E-state index in [1.807, 2.05) is 0 Å². The molecule has 1 aliphatic carbocycles. The highest BCUT2D eigenvalue weighted by Crippen LogP contribution is 2.37. The van der Waals surface area contributed by atoms with Crippen LogP contribution in [0.4, 0.5) is 0 Å². The fraction of sp³-hybridized carbons (Fsp3) is 0.533. The van der Waals surface area contributed by atoms with Crippen LogP contribution in [0, 0.1) is 16.7 Å². The van der Waals surface area contributed by atoms with E-state index in [-0.39, 0.29) is 5.41 Å². The lowest BCUT2D eigenvalue weighted by Crippen LogP contribution is -2.20. The van der Waals surface area contributed by atoms with Crippen molar-refractivity contribution in [1.29, 1.82) is 5.26 Å². The van der Waals surface area contributed by atoms with E-state index >= 15 is 0 Å². The fourth-order valence-electron chi connectivity index (χ4n) is 2.73. The summed E-state index contributed by atoms with van der Waals surface area (Å²) in [6, 6.07) is 11.0. The fourth-order valence-corrected chi connectivity index (χ4v) is 2.99. The maximum absolute atomic E-state index is 9.52. The summed E-state index contributed by atoms with van der Waals surface area (Å²) in [6.07, 6.45) is 8.07. The number of benzene rings is 1. The first kappa shape index (κ1) is 12.6. The molecule has 2 rings (SSSR count). The van der Waals surface area contributed by atoms with Crippen molar-refractivity contribution in [2.24, 2.45) is 5.41 Å². The van der Waals surface area contributed by atoms with Crippen LogP contribution in [-0.2, 0) is 6.42 Å². The van der Waals surface area contributed by atoms with Crippen molar-refractivity contribution in [3.63, 3.8) is 0 Å². The minimum atomic E-state index is -0.107. The Morgan fingerprint density at radius 2 is 1.65 bits per heavy atom. The van der Waals surface area contributed by atoms with Crippen LogP contribution in [0.3, 0.4) is 0 Å². The average Bonchev–Trinajstić information content (AvgIpc) is 2.58. The number of hydrogen-bond donors (Lipinski definition) is 0. The van der Waals surface area contributed by atoms with Crippen LogP contribution in [-0.4, -0.2) is 0 Å². The van der Waals surface area contributed by atoms with Gasteiger partial charge < -0.3 is 0 Å². The van der Waals surface area contributed by atoms with E-state index in [9.17, 15) is 5.26 Å². The molecule has 1 aromatic rings. The van der Waals surface area contributed by atoms with Gasteiger partial charge in [0.2, 0.25) is 0 Å². The topological polar surface area (TPSA) is 23.8 Å². The van der Waals surface area contributed by atoms with Gasteiger partial charge in [-0.25, -0.2) is 0 Å². The Kier molecular flexibility index (Phi) is 4.23. The van der Waals surface area contributed by atoms with Crippen molar-refractivity contribution < 1.29 is 0 Å². The molecule has 90 valence electrons. The Bertz CT molecular complexity index is 394. The molecule has 0 aromatic heterocycles. The second-order valence-corrected chi connectivity index (χ2v) is 6.03. The van der Waals surface area contributed by atoms with Gasteiger partial charge in [-0.05, 0) is 37.0 Å². The van der Waals surface area contributed by atoms with E-state index in [2.05, 4.69) is 46.3 Å². The van der Waals surface area contributed by atoms with Gasteiger partial charge in [-0.15, -0.1) is 0 Å². The molecule has 0 spiro atoms. The van der Waals surface area contributed by atoms with Crippen molar-refractivity contribution in [3.05, 3.63) is 34.3 Å². The molecule has 0 saturated heterocycles. The number of nitriles is 1. The van der Waals surface area contributed by atoms with Crippen LogP contribution in [0.25, 0.3) is 0 Å². The largest absolute Gasteiger partial charge is 0.198 e. The summed E-state index contributed by atoms with van der Waals surface area (Å²) in [5.41, 5.74) is 1.18. The lowest BCUT2D eigenvalue weighted by molar-refractivity contribution is 0.339. The van der Waals surface area contributed by atoms with Crippen LogP contribution < -0.4 is 0 Å². The van der Waals surface area contributed by atoms with Crippen LogP contribution in [0.5, 0.6) is 0 Å². The normalized spacial score (nSPS) is 19.3. The van der Waals surface area contributed by atoms with E-state index in [1.165, 1.54) is 31.2 Å². The third-order valence-electron chi connectivity index (χ3n) is 3.75. The Morgan fingerprint density at radius 3 is 2.18 bits per heavy atom. The van der Waals surface area contributed by atoms with Crippen molar-refractivity contribution in [3.8, 4) is 6.07 Å². The molecule has 1 aromatic carbocycles. The van der Waals surface area contributed by atoms with Crippen molar-refractivity contribution in [2.45, 2.75) is 44.9 Å². The third kappa shape index (κ3) is 3.33. The number of hydrogen-bond acceptors (Lipinski definition) is 1. The summed E-state index contributed by atoms with van der Waals surface area (Å²) in [5.74, 6) is 0. The van der Waals surface area contributed by atoms with Gasteiger partial charge in [0.15, 0.2) is 0 Å². The van der Waals surface area contributed by atoms with Crippen LogP contribution in [0.2, 0.25) is 0 Å². The zero-order chi connectivity index (χ0) is 12.1. The van der Waals surface area contributed by atoms with Gasteiger partial charge in [-0.2, -0.15) is 5.26 Å². The molecule has 0 radical (unpaired) electrons. The molecule has 0 atom stereocenters. The molecule has 1 fully saturated rings. The quantitative estimate of drug-likeness (QED) is 0.714. The number of nitrogens with zero attached hydrogens (tertiary/aromatic N) is 1. The standard InChI is InChI=1S/C15H18BrN/c16-14-7-5-13(6-8-14)11-15(12-17)9-3-1-2-4-10-15/h5-8H,1-4,9-11H2. The van der Waals surface area contributed by atoms with Gasteiger partial charge in [0.05, 0.1) is 11.5 Å². The Hall–Kier alpha value is -0.810. The van der Waals surface area contributed by atoms with E-state index in [4.69, 9.17) is 0 Å². The highest BCUT2D eigenvalue weighted by atomic mass is 79.9. The van der Waals surface area contributed by atoms with Crippen LogP contribution >= 0.6 is 15.9 Å². The zero-order valence-corrected chi connectivity index (χ0v) is 11.7. The molecule has 0 unspecified atom stereocenters. The molecule has 1 nitrogen and oxygen atoms in total. The minimum Gasteiger partial charge on any atom is -0.198 e. The summed E-state index contributed by atoms with van der Waals surface area (Å²) in [5, 5.41) is 9.52. The summed E-state index contributed by atoms with van der Waals surface area (Å²) < 4.78 is 1.10. The first-order valence-corrected chi connectivity index (χ1v) is 7.19. The molecular formula is C15H18BrN. The van der Waals surface area contributed by atoms with E-state index in [1.54, 1.807) is 0 Å². The summed E-state index contributed by atoms with van der Waals surface area (Å²) in [7, 11) is 0. The molecule has 1 saturated carbocycles. The number of rotatable bonds is 2. The maximum Gasteiger partial charge on any atom is 0.0693 e. The van der Waals surface area contributed by atoms with E-state index in [0.29, 0.717) is 0 Å². The lowest BCUT2D eigenvalue weighted by Gasteiger charge is -2.24. The maximum atomic E-state index is 9.52. The summed E-state index contributed by atoms with van der Waals surface area (Å²) >= 11 is 3.45. The van der Waals surface area contributed by atoms with Gasteiger partial charge in [0, 0.05) is 4.47 Å². The van der Waals surface area contributed by atoms with Gasteiger partial charge in [0.25, 0.3) is 0 Å². The molecule has 0 aliphatic heterocycles. The molecule has 1 aliphatic rings. The van der Waals surface area contributed by atoms with Gasteiger partial charge in [-0.3, -0.25) is 0 Å². The van der Waals surface area contributed by atoms with Crippen molar-refractivity contribution in [1.82, 2.24) is 0 Å². The predicted octanol–water partition coefficient (Wildman–Crippen LogP) is 4.86. The molecular weight excluding hydrogens is 274 g/mol. The summed E-state index contributed by atoms with van der Waals surface area (Å²) in [4.78, 5) is 0. The van der Waals surface area contributed by atoms with E-state index in [0.717, 1.165) is 23.7 Å². The zero-order valence-electron chi connectivity index (χ0n) is 10.1. The first-order valence-electron chi connectivity index (χ1n) is 6.40. The second kappa shape index (κ2) is 5.69. The minimum absolute atomic E-state index is 0.107. The Morgan fingerprint density at radius 1 is 1.06 bits per heavy atom. The highest BCUT2D eigenvalue weighted by molar-refractivity contribution is 9.10. The Balaban J connectivity index is 2.13. The SMILES string of the molecule is N#CC1(Cc2ccc(Br)cc2)CCCCCC1. The van der Waals surface area contributed by atoms with Crippen LogP contribution in [0.15, 0.2) is 28.7 Å². The van der Waals surface area contributed by atoms with Gasteiger partial charge in [0.1, 0.15) is 0 Å². The summed E-state index contributed by atoms with van der Waals surface area (Å²) in [6.45, 7) is 0. The monoisotopic (exact) mass is 291 g/mol. The first-order chi connectivity index (χ1) is 8.24. The number of halogens is 1. The lowest BCUT2D eigenvalue weighted by atomic mass is 9.77. The highest BCUT2D eigenvalue weighted by Gasteiger charge is 2.30. The molecule has 0 bridgehead atoms. The third-order valence-corrected chi connectivity index (χ3v) is 4.28. The van der Waals surface area contributed by atoms with E-state index < -0.39 is 0 Å². The molecule has 0 heterocycles. The molecule has 0 N–H and O–H groups in total. The van der Waals surface area contributed by atoms with Crippen molar-refractivity contribution in [2.75, 3.05) is 0 Å². The second-order valence-electron chi connectivity index (χ2n) is 5.11. The smallest absolute Gasteiger partial charge is 0.0693 e. The van der Waals surface area contributed by atoms with Gasteiger partial charge in [-0.1, -0.05) is 53.7 Å². The molecule has 2 heteroatoms. The van der Waals surface area contributed by atoms with Gasteiger partial charge >= 0.3 is 0 Å². The molecule has 0 amide bonds. The van der Waals surface area contributed by atoms with Crippen LogP contribution in [0.1, 0.15) is 44.1 Å². The predicted molar refractivity (Wildman–Crippen MR) is 73.6 cm³/mol. The van der Waals surface area contributed by atoms with Crippen molar-refractivity contribution >= 4 is 15.9 Å². The average molecular weight is 292 g/mol. The molecule has 17 heavy (non-hydrogen) atoms.